The van der Waals surface area contributed by atoms with Crippen LogP contribution in [0.4, 0.5) is 0 Å². The smallest absolute Gasteiger partial charge is 0.308 e. The van der Waals surface area contributed by atoms with Crippen LogP contribution in [0.5, 0.6) is 0 Å². The number of nitrogens with zero attached hydrogens (tertiary/aromatic N) is 6. The Morgan fingerprint density at radius 2 is 1.18 bits per heavy atom. The molecule has 0 N–H and O–H groups in total. The second kappa shape index (κ2) is 11.9. The predicted octanol–water partition coefficient (Wildman–Crippen LogP) is 6.06. The van der Waals surface area contributed by atoms with Crippen molar-refractivity contribution in [3.05, 3.63) is 22.8 Å². The first-order valence-electron chi connectivity index (χ1n) is 16.1. The topological polar surface area (TPSA) is 87.7 Å². The number of hydrogen-bond acceptors (Lipinski definition) is 6. The molecule has 4 aliphatic carbocycles. The zero-order valence-electron chi connectivity index (χ0n) is 26.1. The summed E-state index contributed by atoms with van der Waals surface area (Å²) in [5.74, 6) is 5.67. The zero-order valence-corrected chi connectivity index (χ0v) is 26.1. The van der Waals surface area contributed by atoms with Gasteiger partial charge in [-0.2, -0.15) is 0 Å². The van der Waals surface area contributed by atoms with Gasteiger partial charge in [0.15, 0.2) is 0 Å². The van der Waals surface area contributed by atoms with Crippen LogP contribution in [0.15, 0.2) is 0 Å². The van der Waals surface area contributed by atoms with Crippen LogP contribution >= 0.6 is 0 Å². The van der Waals surface area contributed by atoms with Crippen LogP contribution in [0.1, 0.15) is 116 Å². The number of rotatable bonds is 6. The maximum atomic E-state index is 11.6. The van der Waals surface area contributed by atoms with Gasteiger partial charge in [-0.3, -0.25) is 4.79 Å². The lowest BCUT2D eigenvalue weighted by Crippen LogP contribution is -2.14. The first-order chi connectivity index (χ1) is 19.1. The second-order valence-corrected chi connectivity index (χ2v) is 14.1. The fourth-order valence-electron chi connectivity index (χ4n) is 7.89. The summed E-state index contributed by atoms with van der Waals surface area (Å²) in [6.07, 6.45) is 9.39. The molecule has 8 heteroatoms. The largest absolute Gasteiger partial charge is 0.465 e. The zero-order chi connectivity index (χ0) is 28.7. The van der Waals surface area contributed by atoms with Crippen LogP contribution in [0.3, 0.4) is 0 Å². The SMILES string of the molecule is CC(C)C(=O)OCC1C2CCc3nnn(C(C)C)c3CCC21.CC(C)C1C2CCc3nnn(C(C)C)c3CCC21. The summed E-state index contributed by atoms with van der Waals surface area (Å²) in [4.78, 5) is 11.6. The van der Waals surface area contributed by atoms with Crippen molar-refractivity contribution >= 4 is 5.97 Å². The van der Waals surface area contributed by atoms with E-state index >= 15 is 0 Å². The average molecular weight is 553 g/mol. The van der Waals surface area contributed by atoms with Gasteiger partial charge in [0.05, 0.1) is 35.3 Å². The van der Waals surface area contributed by atoms with E-state index in [-0.39, 0.29) is 11.9 Å². The molecule has 6 unspecified atom stereocenters. The van der Waals surface area contributed by atoms with Crippen LogP contribution in [0, 0.1) is 47.3 Å². The summed E-state index contributed by atoms with van der Waals surface area (Å²) in [5.41, 5.74) is 5.18. The van der Waals surface area contributed by atoms with Crippen molar-refractivity contribution in [1.82, 2.24) is 30.0 Å². The van der Waals surface area contributed by atoms with Crippen LogP contribution < -0.4 is 0 Å². The maximum Gasteiger partial charge on any atom is 0.308 e. The normalized spacial score (nSPS) is 28.8. The highest BCUT2D eigenvalue weighted by Crippen LogP contribution is 2.56. The number of esters is 1. The average Bonchev–Trinajstić information content (AvgIpc) is 3.61. The highest BCUT2D eigenvalue weighted by atomic mass is 16.5. The molecule has 2 heterocycles. The molecule has 0 radical (unpaired) electrons. The third-order valence-electron chi connectivity index (χ3n) is 10.1. The lowest BCUT2D eigenvalue weighted by Gasteiger charge is -2.12. The fraction of sp³-hybridized carbons (Fsp3) is 0.844. The van der Waals surface area contributed by atoms with Gasteiger partial charge in [-0.15, -0.1) is 10.2 Å². The Morgan fingerprint density at radius 3 is 1.62 bits per heavy atom. The first-order valence-corrected chi connectivity index (χ1v) is 16.1. The molecule has 2 aromatic heterocycles. The molecule has 0 bridgehead atoms. The van der Waals surface area contributed by atoms with Crippen LogP contribution in [-0.2, 0) is 35.2 Å². The molecule has 6 rings (SSSR count). The van der Waals surface area contributed by atoms with Crippen molar-refractivity contribution in [2.24, 2.45) is 47.3 Å². The van der Waals surface area contributed by atoms with Gasteiger partial charge in [-0.1, -0.05) is 38.1 Å². The lowest BCUT2D eigenvalue weighted by molar-refractivity contribution is -0.148. The van der Waals surface area contributed by atoms with Gasteiger partial charge in [0.1, 0.15) is 0 Å². The predicted molar refractivity (Wildman–Crippen MR) is 156 cm³/mol. The summed E-state index contributed by atoms with van der Waals surface area (Å²) in [6.45, 7) is 17.9. The van der Waals surface area contributed by atoms with E-state index in [1.165, 1.54) is 48.5 Å². The highest BCUT2D eigenvalue weighted by molar-refractivity contribution is 5.71. The van der Waals surface area contributed by atoms with Gasteiger partial charge in [0.2, 0.25) is 0 Å². The number of carbonyl (C=O) groups excluding carboxylic acids is 1. The van der Waals surface area contributed by atoms with Crippen LogP contribution in [0.2, 0.25) is 0 Å². The molecule has 8 nitrogen and oxygen atoms in total. The van der Waals surface area contributed by atoms with Gasteiger partial charge in [0.25, 0.3) is 0 Å². The Morgan fingerprint density at radius 1 is 0.725 bits per heavy atom. The lowest BCUT2D eigenvalue weighted by atomic mass is 10.0. The number of fused-ring (bicyclic) bond motifs is 4. The van der Waals surface area contributed by atoms with Gasteiger partial charge in [0, 0.05) is 12.1 Å². The van der Waals surface area contributed by atoms with Gasteiger partial charge < -0.3 is 4.74 Å². The van der Waals surface area contributed by atoms with E-state index < -0.39 is 0 Å². The standard InChI is InChI=1S/C17H27N3O2.C15H25N3/c1-10(2)17(21)22-9-14-12-5-7-15-16(8-6-13(12)14)20(11(3)4)19-18-15;1-9(2)15-11-5-7-13-14(8-6-12(11)15)18(10(3)4)17-16-13/h10-14H,5-9H2,1-4H3;9-12,15H,5-8H2,1-4H3. The fourth-order valence-corrected chi connectivity index (χ4v) is 7.89. The van der Waals surface area contributed by atoms with Crippen LogP contribution in [-0.4, -0.2) is 42.6 Å². The van der Waals surface area contributed by atoms with Crippen molar-refractivity contribution < 1.29 is 9.53 Å². The minimum atomic E-state index is -0.0697. The molecule has 0 amide bonds. The molecule has 0 saturated heterocycles. The monoisotopic (exact) mass is 552 g/mol. The third kappa shape index (κ3) is 6.01. The van der Waals surface area contributed by atoms with E-state index in [0.717, 1.165) is 49.4 Å². The molecule has 222 valence electrons. The Labute approximate surface area is 241 Å². The molecule has 40 heavy (non-hydrogen) atoms. The summed E-state index contributed by atoms with van der Waals surface area (Å²) in [7, 11) is 0. The molecular weight excluding hydrogens is 500 g/mol. The Bertz CT molecular complexity index is 1160. The molecule has 2 saturated carbocycles. The first kappa shape index (κ1) is 29.2. The minimum Gasteiger partial charge on any atom is -0.465 e. The molecule has 2 aromatic rings. The van der Waals surface area contributed by atoms with Gasteiger partial charge in [-0.25, -0.2) is 9.36 Å². The van der Waals surface area contributed by atoms with E-state index in [0.29, 0.717) is 36.4 Å². The maximum absolute atomic E-state index is 11.6. The Hall–Kier alpha value is -2.25. The molecule has 0 spiro atoms. The molecular formula is C32H52N6O2. The number of aryl methyl sites for hydroxylation is 2. The van der Waals surface area contributed by atoms with Crippen molar-refractivity contribution in [1.29, 1.82) is 0 Å². The van der Waals surface area contributed by atoms with Crippen molar-refractivity contribution in [3.8, 4) is 0 Å². The summed E-state index contributed by atoms with van der Waals surface area (Å²) in [5, 5.41) is 17.5. The van der Waals surface area contributed by atoms with E-state index in [9.17, 15) is 4.79 Å². The number of hydrogen-bond donors (Lipinski definition) is 0. The van der Waals surface area contributed by atoms with Crippen LogP contribution in [0.25, 0.3) is 0 Å². The summed E-state index contributed by atoms with van der Waals surface area (Å²) >= 11 is 0. The van der Waals surface area contributed by atoms with Crippen molar-refractivity contribution in [3.63, 3.8) is 0 Å². The molecule has 4 aliphatic rings. The molecule has 6 atom stereocenters. The van der Waals surface area contributed by atoms with Crippen molar-refractivity contribution in [2.75, 3.05) is 6.61 Å². The molecule has 2 fully saturated rings. The van der Waals surface area contributed by atoms with E-state index in [4.69, 9.17) is 4.74 Å². The number of aromatic nitrogens is 6. The second-order valence-electron chi connectivity index (χ2n) is 14.1. The highest BCUT2D eigenvalue weighted by Gasteiger charge is 2.51. The quantitative estimate of drug-likeness (QED) is 0.405. The summed E-state index contributed by atoms with van der Waals surface area (Å²) in [6, 6.07) is 0.810. The number of ether oxygens (including phenoxy) is 1. The Kier molecular flexibility index (Phi) is 8.72. The third-order valence-corrected chi connectivity index (χ3v) is 10.1. The number of carbonyl (C=O) groups is 1. The van der Waals surface area contributed by atoms with E-state index in [1.807, 2.05) is 13.8 Å². The van der Waals surface area contributed by atoms with E-state index in [1.54, 1.807) is 0 Å². The van der Waals surface area contributed by atoms with Crippen molar-refractivity contribution in [2.45, 2.75) is 119 Å². The molecule has 0 aliphatic heterocycles. The van der Waals surface area contributed by atoms with E-state index in [2.05, 4.69) is 71.5 Å². The van der Waals surface area contributed by atoms with Gasteiger partial charge >= 0.3 is 5.97 Å². The molecule has 0 aromatic carbocycles. The minimum absolute atomic E-state index is 0.0307. The Balaban J connectivity index is 0.000000164. The summed E-state index contributed by atoms with van der Waals surface area (Å²) < 4.78 is 9.67. The van der Waals surface area contributed by atoms with Gasteiger partial charge in [-0.05, 0) is 120 Å².